The van der Waals surface area contributed by atoms with Gasteiger partial charge in [0.15, 0.2) is 0 Å². The van der Waals surface area contributed by atoms with Crippen LogP contribution in [0.1, 0.15) is 6.92 Å². The van der Waals surface area contributed by atoms with Gasteiger partial charge in [0, 0.05) is 33.1 Å². The number of nitrogens with zero attached hydrogens (tertiary/aromatic N) is 3. The predicted molar refractivity (Wildman–Crippen MR) is 63.7 cm³/mol. The van der Waals surface area contributed by atoms with Gasteiger partial charge in [0.1, 0.15) is 11.0 Å². The van der Waals surface area contributed by atoms with Crippen molar-refractivity contribution in [2.45, 2.75) is 6.92 Å². The number of hydrogen-bond donors (Lipinski definition) is 0. The summed E-state index contributed by atoms with van der Waals surface area (Å²) in [6, 6.07) is 5.59. The molecule has 1 aliphatic rings. The maximum absolute atomic E-state index is 11.2. The summed E-state index contributed by atoms with van der Waals surface area (Å²) in [6.45, 7) is 4.74. The summed E-state index contributed by atoms with van der Waals surface area (Å²) in [6.07, 6.45) is 0. The summed E-state index contributed by atoms with van der Waals surface area (Å²) < 4.78 is 0. The molecule has 16 heavy (non-hydrogen) atoms. The highest BCUT2D eigenvalue weighted by molar-refractivity contribution is 6.29. The van der Waals surface area contributed by atoms with E-state index >= 15 is 0 Å². The van der Waals surface area contributed by atoms with Crippen molar-refractivity contribution in [2.75, 3.05) is 31.1 Å². The molecule has 0 spiro atoms. The monoisotopic (exact) mass is 239 g/mol. The molecule has 0 aromatic carbocycles. The Labute approximate surface area is 99.8 Å². The number of piperazine rings is 1. The van der Waals surface area contributed by atoms with Gasteiger partial charge in [-0.3, -0.25) is 4.79 Å². The Hall–Kier alpha value is -1.29. The third-order valence-electron chi connectivity index (χ3n) is 2.75. The smallest absolute Gasteiger partial charge is 0.219 e. The molecule has 86 valence electrons. The van der Waals surface area contributed by atoms with Gasteiger partial charge in [-0.25, -0.2) is 4.98 Å². The van der Waals surface area contributed by atoms with Crippen LogP contribution in [0.5, 0.6) is 0 Å². The number of carbonyl (C=O) groups is 1. The predicted octanol–water partition coefficient (Wildman–Crippen LogP) is 1.40. The molecular formula is C11H14ClN3O. The Morgan fingerprint density at radius 2 is 2.00 bits per heavy atom. The Kier molecular flexibility index (Phi) is 3.29. The first-order valence-corrected chi connectivity index (χ1v) is 5.67. The number of anilines is 1. The highest BCUT2D eigenvalue weighted by Crippen LogP contribution is 2.16. The van der Waals surface area contributed by atoms with Gasteiger partial charge in [-0.2, -0.15) is 0 Å². The molecule has 5 heteroatoms. The molecular weight excluding hydrogens is 226 g/mol. The molecule has 1 amide bonds. The summed E-state index contributed by atoms with van der Waals surface area (Å²) in [5.74, 6) is 1.02. The Bertz CT molecular complexity index is 389. The van der Waals surface area contributed by atoms with E-state index in [1.807, 2.05) is 17.0 Å². The van der Waals surface area contributed by atoms with Crippen LogP contribution in [-0.2, 0) is 4.79 Å². The first-order chi connectivity index (χ1) is 7.66. The fourth-order valence-corrected chi connectivity index (χ4v) is 1.98. The first kappa shape index (κ1) is 11.2. The van der Waals surface area contributed by atoms with Gasteiger partial charge < -0.3 is 9.80 Å². The van der Waals surface area contributed by atoms with Crippen molar-refractivity contribution >= 4 is 23.3 Å². The first-order valence-electron chi connectivity index (χ1n) is 5.30. The molecule has 0 radical (unpaired) electrons. The average molecular weight is 240 g/mol. The molecule has 1 saturated heterocycles. The number of amides is 1. The van der Waals surface area contributed by atoms with Crippen LogP contribution < -0.4 is 4.90 Å². The summed E-state index contributed by atoms with van der Waals surface area (Å²) in [5, 5.41) is 0.506. The van der Waals surface area contributed by atoms with Crippen molar-refractivity contribution in [3.8, 4) is 0 Å². The number of halogens is 1. The van der Waals surface area contributed by atoms with Crippen LogP contribution in [0.15, 0.2) is 18.2 Å². The normalized spacial score (nSPS) is 16.4. The molecule has 0 aliphatic carbocycles. The van der Waals surface area contributed by atoms with Crippen LogP contribution in [0.25, 0.3) is 0 Å². The van der Waals surface area contributed by atoms with Crippen LogP contribution >= 0.6 is 11.6 Å². The molecule has 0 bridgehead atoms. The summed E-state index contributed by atoms with van der Waals surface area (Å²) in [7, 11) is 0. The maximum Gasteiger partial charge on any atom is 0.219 e. The highest BCUT2D eigenvalue weighted by Gasteiger charge is 2.19. The standard InChI is InChI=1S/C11H14ClN3O/c1-9(16)14-5-7-15(8-6-14)11-4-2-3-10(12)13-11/h2-4H,5-8H2,1H3. The minimum atomic E-state index is 0.138. The Morgan fingerprint density at radius 3 is 2.56 bits per heavy atom. The number of carbonyl (C=O) groups excluding carboxylic acids is 1. The Morgan fingerprint density at radius 1 is 1.31 bits per heavy atom. The lowest BCUT2D eigenvalue weighted by atomic mass is 10.3. The van der Waals surface area contributed by atoms with Gasteiger partial charge >= 0.3 is 0 Å². The van der Waals surface area contributed by atoms with E-state index in [1.165, 1.54) is 0 Å². The number of rotatable bonds is 1. The highest BCUT2D eigenvalue weighted by atomic mass is 35.5. The molecule has 0 N–H and O–H groups in total. The van der Waals surface area contributed by atoms with Crippen LogP contribution in [-0.4, -0.2) is 42.0 Å². The zero-order chi connectivity index (χ0) is 11.5. The second-order valence-corrected chi connectivity index (χ2v) is 4.20. The number of aromatic nitrogens is 1. The lowest BCUT2D eigenvalue weighted by molar-refractivity contribution is -0.129. The zero-order valence-corrected chi connectivity index (χ0v) is 9.94. The second-order valence-electron chi connectivity index (χ2n) is 3.81. The van der Waals surface area contributed by atoms with E-state index in [-0.39, 0.29) is 5.91 Å². The third-order valence-corrected chi connectivity index (χ3v) is 2.96. The summed E-state index contributed by atoms with van der Waals surface area (Å²) in [5.41, 5.74) is 0. The number of hydrogen-bond acceptors (Lipinski definition) is 3. The molecule has 1 aromatic heterocycles. The molecule has 1 aromatic rings. The van der Waals surface area contributed by atoms with Crippen molar-refractivity contribution in [2.24, 2.45) is 0 Å². The van der Waals surface area contributed by atoms with Gasteiger partial charge in [0.05, 0.1) is 0 Å². The van der Waals surface area contributed by atoms with Crippen molar-refractivity contribution < 1.29 is 4.79 Å². The fraction of sp³-hybridized carbons (Fsp3) is 0.455. The van der Waals surface area contributed by atoms with E-state index in [9.17, 15) is 4.79 Å². The van der Waals surface area contributed by atoms with Gasteiger partial charge in [-0.15, -0.1) is 0 Å². The lowest BCUT2D eigenvalue weighted by Crippen LogP contribution is -2.48. The van der Waals surface area contributed by atoms with Crippen LogP contribution in [0.4, 0.5) is 5.82 Å². The third kappa shape index (κ3) is 2.44. The fourth-order valence-electron chi connectivity index (χ4n) is 1.82. The quantitative estimate of drug-likeness (QED) is 0.696. The van der Waals surface area contributed by atoms with Crippen molar-refractivity contribution in [1.82, 2.24) is 9.88 Å². The summed E-state index contributed by atoms with van der Waals surface area (Å²) in [4.78, 5) is 19.4. The zero-order valence-electron chi connectivity index (χ0n) is 9.19. The minimum absolute atomic E-state index is 0.138. The minimum Gasteiger partial charge on any atom is -0.353 e. The van der Waals surface area contributed by atoms with Crippen LogP contribution in [0.3, 0.4) is 0 Å². The van der Waals surface area contributed by atoms with E-state index < -0.39 is 0 Å². The topological polar surface area (TPSA) is 36.4 Å². The second kappa shape index (κ2) is 4.70. The maximum atomic E-state index is 11.2. The number of pyridine rings is 1. The average Bonchev–Trinajstić information content (AvgIpc) is 2.29. The Balaban J connectivity index is 2.01. The molecule has 1 aliphatic heterocycles. The molecule has 2 rings (SSSR count). The molecule has 0 unspecified atom stereocenters. The molecule has 4 nitrogen and oxygen atoms in total. The molecule has 0 saturated carbocycles. The van der Waals surface area contributed by atoms with E-state index in [1.54, 1.807) is 13.0 Å². The van der Waals surface area contributed by atoms with E-state index in [0.29, 0.717) is 5.15 Å². The molecule has 2 heterocycles. The van der Waals surface area contributed by atoms with E-state index in [4.69, 9.17) is 11.6 Å². The van der Waals surface area contributed by atoms with Gasteiger partial charge in [-0.1, -0.05) is 17.7 Å². The van der Waals surface area contributed by atoms with Crippen molar-refractivity contribution in [1.29, 1.82) is 0 Å². The van der Waals surface area contributed by atoms with E-state index in [2.05, 4.69) is 9.88 Å². The van der Waals surface area contributed by atoms with Crippen molar-refractivity contribution in [3.63, 3.8) is 0 Å². The van der Waals surface area contributed by atoms with E-state index in [0.717, 1.165) is 32.0 Å². The summed E-state index contributed by atoms with van der Waals surface area (Å²) >= 11 is 5.84. The molecule has 0 atom stereocenters. The van der Waals surface area contributed by atoms with Crippen LogP contribution in [0.2, 0.25) is 5.15 Å². The van der Waals surface area contributed by atoms with Crippen LogP contribution in [0, 0.1) is 0 Å². The SMILES string of the molecule is CC(=O)N1CCN(c2cccc(Cl)n2)CC1. The largest absolute Gasteiger partial charge is 0.353 e. The molecule has 1 fully saturated rings. The van der Waals surface area contributed by atoms with Gasteiger partial charge in [0.25, 0.3) is 0 Å². The van der Waals surface area contributed by atoms with Crippen molar-refractivity contribution in [3.05, 3.63) is 23.4 Å². The lowest BCUT2D eigenvalue weighted by Gasteiger charge is -2.34. The van der Waals surface area contributed by atoms with Gasteiger partial charge in [0.2, 0.25) is 5.91 Å². The van der Waals surface area contributed by atoms with Gasteiger partial charge in [-0.05, 0) is 12.1 Å².